The predicted molar refractivity (Wildman–Crippen MR) is 108 cm³/mol. The minimum absolute atomic E-state index is 0. The summed E-state index contributed by atoms with van der Waals surface area (Å²) in [6.45, 7) is 0.294. The van der Waals surface area contributed by atoms with Gasteiger partial charge in [-0.05, 0) is 41.8 Å². The van der Waals surface area contributed by atoms with Crippen molar-refractivity contribution in [3.63, 3.8) is 0 Å². The lowest BCUT2D eigenvalue weighted by atomic mass is 10.0. The number of esters is 1. The van der Waals surface area contributed by atoms with Gasteiger partial charge in [0.25, 0.3) is 0 Å². The molecule has 2 N–H and O–H groups in total. The van der Waals surface area contributed by atoms with Gasteiger partial charge in [-0.3, -0.25) is 4.79 Å². The molecule has 0 atom stereocenters. The molecule has 2 amide bonds. The summed E-state index contributed by atoms with van der Waals surface area (Å²) < 4.78 is 23.4. The van der Waals surface area contributed by atoms with Gasteiger partial charge in [-0.2, -0.15) is 0 Å². The van der Waals surface area contributed by atoms with Gasteiger partial charge in [0.15, 0.2) is 0 Å². The second-order valence-electron chi connectivity index (χ2n) is 6.75. The number of benzene rings is 2. The number of hydrogen-bond donors (Lipinski definition) is 1. The molecule has 2 aromatic rings. The molecule has 1 fully saturated rings. The van der Waals surface area contributed by atoms with Crippen molar-refractivity contribution in [2.24, 2.45) is 0 Å². The summed E-state index contributed by atoms with van der Waals surface area (Å²) >= 11 is 0. The van der Waals surface area contributed by atoms with Crippen LogP contribution in [0.2, 0.25) is 0 Å². The molecule has 0 radical (unpaired) electrons. The van der Waals surface area contributed by atoms with E-state index in [1.54, 1.807) is 30.3 Å². The van der Waals surface area contributed by atoms with Crippen LogP contribution in [0, 0.1) is 11.0 Å². The number of quaternary nitrogens is 1. The van der Waals surface area contributed by atoms with E-state index in [4.69, 9.17) is 9.47 Å². The van der Waals surface area contributed by atoms with E-state index >= 15 is 0 Å². The highest BCUT2D eigenvalue weighted by molar-refractivity contribution is 5.93. The van der Waals surface area contributed by atoms with E-state index in [-0.39, 0.29) is 68.0 Å². The van der Waals surface area contributed by atoms with E-state index in [9.17, 15) is 24.0 Å². The fourth-order valence-electron chi connectivity index (χ4n) is 3.01. The maximum atomic E-state index is 13.3. The lowest BCUT2D eigenvalue weighted by molar-refractivity contribution is -0.497. The maximum absolute atomic E-state index is 13.3. The smallest absolute Gasteiger partial charge is 0.416 e. The highest BCUT2D eigenvalue weighted by Crippen LogP contribution is 2.19. The van der Waals surface area contributed by atoms with E-state index in [2.05, 4.69) is 0 Å². The summed E-state index contributed by atoms with van der Waals surface area (Å²) in [5.41, 5.74) is 2.42. The van der Waals surface area contributed by atoms with Crippen molar-refractivity contribution >= 4 is 29.2 Å². The van der Waals surface area contributed by atoms with Crippen LogP contribution in [0.1, 0.15) is 28.8 Å². The van der Waals surface area contributed by atoms with E-state index in [0.717, 1.165) is 4.90 Å². The molecule has 1 aliphatic rings. The van der Waals surface area contributed by atoms with Crippen LogP contribution < -0.4 is 29.5 Å². The van der Waals surface area contributed by atoms with Crippen LogP contribution in [-0.4, -0.2) is 42.6 Å². The summed E-state index contributed by atoms with van der Waals surface area (Å²) in [5, 5.41) is 10.9. The van der Waals surface area contributed by atoms with E-state index in [1.165, 1.54) is 24.3 Å². The van der Waals surface area contributed by atoms with Gasteiger partial charge in [0.05, 0.1) is 12.1 Å². The molecule has 170 valence electrons. The van der Waals surface area contributed by atoms with Gasteiger partial charge in [0.1, 0.15) is 24.7 Å². The first-order chi connectivity index (χ1) is 15.0. The number of cyclic esters (lactones) is 1. The van der Waals surface area contributed by atoms with Gasteiger partial charge in [-0.1, -0.05) is 24.3 Å². The van der Waals surface area contributed by atoms with Crippen molar-refractivity contribution in [1.29, 1.82) is 0 Å². The van der Waals surface area contributed by atoms with E-state index < -0.39 is 17.9 Å². The summed E-state index contributed by atoms with van der Waals surface area (Å²) in [7, 11) is 0. The van der Waals surface area contributed by atoms with Crippen LogP contribution in [0.5, 0.6) is 0 Å². The Balaban J connectivity index is 0.00000363. The van der Waals surface area contributed by atoms with E-state index in [0.29, 0.717) is 22.3 Å². The lowest BCUT2D eigenvalue weighted by Gasteiger charge is -2.12. The molecule has 8 nitrogen and oxygen atoms in total. The highest BCUT2D eigenvalue weighted by Gasteiger charge is 2.27. The second kappa shape index (κ2) is 12.3. The van der Waals surface area contributed by atoms with Crippen molar-refractivity contribution < 1.29 is 57.7 Å². The lowest BCUT2D eigenvalue weighted by Crippen LogP contribution is -3.00. The summed E-state index contributed by atoms with van der Waals surface area (Å²) in [4.78, 5) is 37.0. The third kappa shape index (κ3) is 6.84. The van der Waals surface area contributed by atoms with Crippen LogP contribution in [0.3, 0.4) is 0 Å². The molecular weight excluding hydrogens is 534 g/mol. The van der Waals surface area contributed by atoms with E-state index in [1.807, 2.05) is 0 Å². The van der Waals surface area contributed by atoms with Gasteiger partial charge in [-0.25, -0.2) is 18.9 Å². The topological polar surface area (TPSA) is 113 Å². The molecule has 0 spiro atoms. The van der Waals surface area contributed by atoms with Crippen LogP contribution in [0.15, 0.2) is 54.6 Å². The first-order valence-electron chi connectivity index (χ1n) is 9.62. The third-order valence-electron chi connectivity index (χ3n) is 4.64. The number of amides is 2. The van der Waals surface area contributed by atoms with Crippen molar-refractivity contribution in [3.05, 3.63) is 76.8 Å². The second-order valence-corrected chi connectivity index (χ2v) is 6.75. The first kappa shape index (κ1) is 25.4. The largest absolute Gasteiger partial charge is 1.00 e. The Morgan fingerprint density at radius 1 is 1.19 bits per heavy atom. The molecule has 1 aliphatic heterocycles. The standard InChI is InChI=1S/C22H21FN2O6.HI/c23-18-9-7-15(8-10-18)17(4-2-6-20(26)25-11-12-30-22(25)28)14-31-21(27)16-3-1-5-19(13-16)24-29;/h1,3-5,7-10,13H,2,6,11-12,14,24H2;1H/p-1/b17-4+;. The normalized spacial score (nSPS) is 13.4. The van der Waals surface area contributed by atoms with Gasteiger partial charge in [0.2, 0.25) is 5.91 Å². The molecule has 0 aromatic heterocycles. The molecule has 2 aromatic carbocycles. The number of carbonyl (C=O) groups is 3. The van der Waals surface area contributed by atoms with Gasteiger partial charge >= 0.3 is 12.1 Å². The zero-order valence-electron chi connectivity index (χ0n) is 17.0. The molecule has 32 heavy (non-hydrogen) atoms. The Bertz CT molecular complexity index is 996. The van der Waals surface area contributed by atoms with Crippen molar-refractivity contribution in [3.8, 4) is 0 Å². The number of carbonyl (C=O) groups excluding carboxylic acids is 3. The zero-order chi connectivity index (χ0) is 22.2. The molecule has 0 saturated carbocycles. The number of hydrogen-bond acceptors (Lipinski definition) is 6. The number of imide groups is 1. The minimum atomic E-state index is -0.653. The third-order valence-corrected chi connectivity index (χ3v) is 4.64. The Morgan fingerprint density at radius 2 is 1.94 bits per heavy atom. The number of nitrogens with zero attached hydrogens (tertiary/aromatic N) is 1. The zero-order valence-corrected chi connectivity index (χ0v) is 19.1. The Morgan fingerprint density at radius 3 is 2.59 bits per heavy atom. The quantitative estimate of drug-likeness (QED) is 0.204. The molecular formula is C22H21FIN2O6-. The molecule has 3 rings (SSSR count). The summed E-state index contributed by atoms with van der Waals surface area (Å²) in [6, 6.07) is 11.7. The number of ether oxygens (including phenoxy) is 2. The summed E-state index contributed by atoms with van der Waals surface area (Å²) in [5.74, 6) is -1.39. The monoisotopic (exact) mass is 555 g/mol. The molecule has 10 heteroatoms. The first-order valence-corrected chi connectivity index (χ1v) is 9.62. The minimum Gasteiger partial charge on any atom is -1.00 e. The molecule has 1 heterocycles. The summed E-state index contributed by atoms with van der Waals surface area (Å²) in [6.07, 6.45) is 1.41. The molecule has 1 saturated heterocycles. The fourth-order valence-corrected chi connectivity index (χ4v) is 3.01. The van der Waals surface area contributed by atoms with Crippen molar-refractivity contribution in [2.45, 2.75) is 12.8 Å². The van der Waals surface area contributed by atoms with Gasteiger partial charge in [0, 0.05) is 12.5 Å². The molecule has 0 aliphatic carbocycles. The predicted octanol–water partition coefficient (Wildman–Crippen LogP) is -0.478. The van der Waals surface area contributed by atoms with Crippen LogP contribution in [0.4, 0.5) is 14.9 Å². The molecule has 0 bridgehead atoms. The average Bonchev–Trinajstić information content (AvgIpc) is 3.22. The Hall–Kier alpha value is -2.83. The highest BCUT2D eigenvalue weighted by atomic mass is 127. The Labute approximate surface area is 201 Å². The molecule has 0 unspecified atom stereocenters. The number of allylic oxidation sites excluding steroid dienone is 1. The Kier molecular flexibility index (Phi) is 9.75. The fraction of sp³-hybridized carbons (Fsp3) is 0.227. The number of rotatable bonds is 8. The van der Waals surface area contributed by atoms with Gasteiger partial charge < -0.3 is 44.1 Å². The average molecular weight is 555 g/mol. The number of halogens is 2. The number of nitrogens with two attached hydrogens (primary N) is 1. The van der Waals surface area contributed by atoms with Crippen LogP contribution in [0.25, 0.3) is 5.57 Å². The van der Waals surface area contributed by atoms with Crippen LogP contribution in [-0.2, 0) is 14.3 Å². The van der Waals surface area contributed by atoms with Crippen molar-refractivity contribution in [2.75, 3.05) is 19.8 Å². The maximum Gasteiger partial charge on any atom is 0.416 e. The SMILES string of the molecule is O=C(OC/C(=C\CCC(=O)N1CCOC1=O)c1ccc(F)cc1)c1cccc([NH2+][O-])c1.[I-]. The van der Waals surface area contributed by atoms with Gasteiger partial charge in [-0.15, -0.1) is 0 Å². The van der Waals surface area contributed by atoms with Crippen molar-refractivity contribution in [1.82, 2.24) is 4.90 Å². The van der Waals surface area contributed by atoms with Crippen LogP contribution >= 0.6 is 0 Å².